The summed E-state index contributed by atoms with van der Waals surface area (Å²) < 4.78 is 5.27. The van der Waals surface area contributed by atoms with Gasteiger partial charge in [-0.2, -0.15) is 0 Å². The monoisotopic (exact) mass is 285 g/mol. The molecule has 3 heteroatoms. The Kier molecular flexibility index (Phi) is 5.20. The Morgan fingerprint density at radius 1 is 1.14 bits per heavy atom. The SMILES string of the molecule is CCCc1[nH]c(-c2ccccc2)c(C(=O)OCC)c1CC. The minimum Gasteiger partial charge on any atom is -0.462 e. The average Bonchev–Trinajstić information content (AvgIpc) is 2.87. The zero-order chi connectivity index (χ0) is 15.2. The molecule has 0 unspecified atom stereocenters. The molecule has 3 nitrogen and oxygen atoms in total. The fraction of sp³-hybridized carbons (Fsp3) is 0.389. The molecule has 2 rings (SSSR count). The van der Waals surface area contributed by atoms with Gasteiger partial charge in [0.1, 0.15) is 0 Å². The highest BCUT2D eigenvalue weighted by Crippen LogP contribution is 2.30. The molecule has 0 amide bonds. The Bertz CT molecular complexity index is 599. The number of H-pyrrole nitrogens is 1. The van der Waals surface area contributed by atoms with E-state index < -0.39 is 0 Å². The number of nitrogens with one attached hydrogen (secondary N) is 1. The quantitative estimate of drug-likeness (QED) is 0.801. The second kappa shape index (κ2) is 7.11. The predicted molar refractivity (Wildman–Crippen MR) is 85.6 cm³/mol. The highest BCUT2D eigenvalue weighted by atomic mass is 16.5. The van der Waals surface area contributed by atoms with E-state index in [1.54, 1.807) is 0 Å². The second-order valence-electron chi connectivity index (χ2n) is 5.02. The van der Waals surface area contributed by atoms with Gasteiger partial charge in [0.05, 0.1) is 17.9 Å². The minimum absolute atomic E-state index is 0.230. The van der Waals surface area contributed by atoms with Crippen LogP contribution in [0.3, 0.4) is 0 Å². The highest BCUT2D eigenvalue weighted by molar-refractivity contribution is 5.98. The van der Waals surface area contributed by atoms with Gasteiger partial charge >= 0.3 is 5.97 Å². The smallest absolute Gasteiger partial charge is 0.340 e. The van der Waals surface area contributed by atoms with Crippen molar-refractivity contribution in [3.05, 3.63) is 47.2 Å². The number of aromatic nitrogens is 1. The summed E-state index contributed by atoms with van der Waals surface area (Å²) in [6.07, 6.45) is 2.82. The first kappa shape index (κ1) is 15.4. The van der Waals surface area contributed by atoms with Crippen molar-refractivity contribution >= 4 is 5.97 Å². The van der Waals surface area contributed by atoms with Crippen LogP contribution < -0.4 is 0 Å². The first-order chi connectivity index (χ1) is 10.2. The molecule has 1 aromatic heterocycles. The highest BCUT2D eigenvalue weighted by Gasteiger charge is 2.23. The summed E-state index contributed by atoms with van der Waals surface area (Å²) in [6, 6.07) is 9.98. The van der Waals surface area contributed by atoms with Crippen molar-refractivity contribution < 1.29 is 9.53 Å². The van der Waals surface area contributed by atoms with Crippen LogP contribution in [-0.4, -0.2) is 17.6 Å². The summed E-state index contributed by atoms with van der Waals surface area (Å²) in [5.74, 6) is -0.230. The number of aromatic amines is 1. The predicted octanol–water partition coefficient (Wildman–Crippen LogP) is 4.37. The number of aryl methyl sites for hydroxylation is 1. The van der Waals surface area contributed by atoms with Gasteiger partial charge < -0.3 is 9.72 Å². The molecule has 0 aliphatic heterocycles. The molecule has 0 aliphatic carbocycles. The number of benzene rings is 1. The van der Waals surface area contributed by atoms with E-state index in [4.69, 9.17) is 4.74 Å². The van der Waals surface area contributed by atoms with Crippen LogP contribution in [0.1, 0.15) is 48.8 Å². The van der Waals surface area contributed by atoms with Crippen LogP contribution in [-0.2, 0) is 17.6 Å². The van der Waals surface area contributed by atoms with Crippen LogP contribution in [0.15, 0.2) is 30.3 Å². The third kappa shape index (κ3) is 3.18. The van der Waals surface area contributed by atoms with Gasteiger partial charge in [0.2, 0.25) is 0 Å². The lowest BCUT2D eigenvalue weighted by Gasteiger charge is -2.06. The maximum absolute atomic E-state index is 12.4. The molecule has 0 saturated heterocycles. The molecule has 0 aliphatic rings. The number of esters is 1. The molecule has 112 valence electrons. The van der Waals surface area contributed by atoms with Crippen LogP contribution in [0.5, 0.6) is 0 Å². The second-order valence-corrected chi connectivity index (χ2v) is 5.02. The molecule has 0 atom stereocenters. The Morgan fingerprint density at radius 2 is 1.86 bits per heavy atom. The standard InChI is InChI=1S/C18H23NO2/c1-4-10-15-14(5-2)16(18(20)21-6-3)17(19-15)13-11-8-7-9-12-13/h7-9,11-12,19H,4-6,10H2,1-3H3. The van der Waals surface area contributed by atoms with Gasteiger partial charge in [0, 0.05) is 5.69 Å². The summed E-state index contributed by atoms with van der Waals surface area (Å²) in [5, 5.41) is 0. The van der Waals surface area contributed by atoms with Crippen molar-refractivity contribution in [3.8, 4) is 11.3 Å². The number of carbonyl (C=O) groups excluding carboxylic acids is 1. The molecular formula is C18H23NO2. The third-order valence-corrected chi connectivity index (χ3v) is 3.59. The van der Waals surface area contributed by atoms with E-state index in [9.17, 15) is 4.79 Å². The zero-order valence-electron chi connectivity index (χ0n) is 13.0. The van der Waals surface area contributed by atoms with Crippen molar-refractivity contribution in [1.82, 2.24) is 4.98 Å². The Labute approximate surface area is 126 Å². The van der Waals surface area contributed by atoms with E-state index in [2.05, 4.69) is 18.8 Å². The summed E-state index contributed by atoms with van der Waals surface area (Å²) in [5.41, 5.74) is 4.86. The Hall–Kier alpha value is -2.03. The maximum atomic E-state index is 12.4. The maximum Gasteiger partial charge on any atom is 0.340 e. The third-order valence-electron chi connectivity index (χ3n) is 3.59. The van der Waals surface area contributed by atoms with Crippen molar-refractivity contribution in [2.24, 2.45) is 0 Å². The summed E-state index contributed by atoms with van der Waals surface area (Å²) in [7, 11) is 0. The van der Waals surface area contributed by atoms with Gasteiger partial charge in [-0.05, 0) is 30.9 Å². The van der Waals surface area contributed by atoms with Crippen molar-refractivity contribution in [3.63, 3.8) is 0 Å². The van der Waals surface area contributed by atoms with Crippen molar-refractivity contribution in [1.29, 1.82) is 0 Å². The lowest BCUT2D eigenvalue weighted by molar-refractivity contribution is 0.0526. The Balaban J connectivity index is 2.59. The van der Waals surface area contributed by atoms with Crippen LogP contribution >= 0.6 is 0 Å². The largest absolute Gasteiger partial charge is 0.462 e. The molecule has 1 N–H and O–H groups in total. The van der Waals surface area contributed by atoms with Gasteiger partial charge in [0.15, 0.2) is 0 Å². The minimum atomic E-state index is -0.230. The van der Waals surface area contributed by atoms with E-state index in [0.717, 1.165) is 41.8 Å². The van der Waals surface area contributed by atoms with Crippen LogP contribution in [0.2, 0.25) is 0 Å². The van der Waals surface area contributed by atoms with Gasteiger partial charge in [0.25, 0.3) is 0 Å². The molecule has 1 aromatic carbocycles. The van der Waals surface area contributed by atoms with E-state index in [1.807, 2.05) is 37.3 Å². The first-order valence-corrected chi connectivity index (χ1v) is 7.69. The number of ether oxygens (including phenoxy) is 1. The van der Waals surface area contributed by atoms with Crippen LogP contribution in [0.4, 0.5) is 0 Å². The molecular weight excluding hydrogens is 262 g/mol. The molecule has 2 aromatic rings. The first-order valence-electron chi connectivity index (χ1n) is 7.69. The molecule has 0 fully saturated rings. The summed E-state index contributed by atoms with van der Waals surface area (Å²) in [6.45, 7) is 6.46. The summed E-state index contributed by atoms with van der Waals surface area (Å²) in [4.78, 5) is 15.9. The summed E-state index contributed by atoms with van der Waals surface area (Å²) >= 11 is 0. The van der Waals surface area contributed by atoms with E-state index >= 15 is 0 Å². The normalized spacial score (nSPS) is 10.6. The van der Waals surface area contributed by atoms with Crippen molar-refractivity contribution in [2.45, 2.75) is 40.0 Å². The van der Waals surface area contributed by atoms with Crippen molar-refractivity contribution in [2.75, 3.05) is 6.61 Å². The zero-order valence-corrected chi connectivity index (χ0v) is 13.0. The molecule has 0 saturated carbocycles. The van der Waals surface area contributed by atoms with Gasteiger partial charge in [-0.1, -0.05) is 50.6 Å². The fourth-order valence-corrected chi connectivity index (χ4v) is 2.69. The van der Waals surface area contributed by atoms with E-state index in [1.165, 1.54) is 0 Å². The fourth-order valence-electron chi connectivity index (χ4n) is 2.69. The molecule has 0 bridgehead atoms. The van der Waals surface area contributed by atoms with Gasteiger partial charge in [-0.3, -0.25) is 0 Å². The van der Waals surface area contributed by atoms with Gasteiger partial charge in [-0.25, -0.2) is 4.79 Å². The number of hydrogen-bond donors (Lipinski definition) is 1. The van der Waals surface area contributed by atoms with E-state index in [0.29, 0.717) is 12.2 Å². The van der Waals surface area contributed by atoms with Crippen LogP contribution in [0, 0.1) is 0 Å². The molecule has 21 heavy (non-hydrogen) atoms. The van der Waals surface area contributed by atoms with Gasteiger partial charge in [-0.15, -0.1) is 0 Å². The molecule has 0 spiro atoms. The average molecular weight is 285 g/mol. The number of carbonyl (C=O) groups is 1. The lowest BCUT2D eigenvalue weighted by Crippen LogP contribution is -2.08. The lowest BCUT2D eigenvalue weighted by atomic mass is 10.0. The number of rotatable bonds is 6. The Morgan fingerprint density at radius 3 is 2.43 bits per heavy atom. The topological polar surface area (TPSA) is 42.1 Å². The van der Waals surface area contributed by atoms with Crippen LogP contribution in [0.25, 0.3) is 11.3 Å². The molecule has 1 heterocycles. The number of hydrogen-bond acceptors (Lipinski definition) is 2. The molecule has 0 radical (unpaired) electrons. The van der Waals surface area contributed by atoms with E-state index in [-0.39, 0.29) is 5.97 Å².